The fourth-order valence-electron chi connectivity index (χ4n) is 0.940. The lowest BCUT2D eigenvalue weighted by Gasteiger charge is -2.04. The van der Waals surface area contributed by atoms with E-state index >= 15 is 0 Å². The first-order chi connectivity index (χ1) is 6.60. The van der Waals surface area contributed by atoms with Crippen molar-refractivity contribution in [2.24, 2.45) is 0 Å². The van der Waals surface area contributed by atoms with E-state index in [1.165, 1.54) is 19.2 Å². The molecule has 0 aliphatic carbocycles. The molecule has 1 aromatic carbocycles. The van der Waals surface area contributed by atoms with Crippen molar-refractivity contribution in [1.29, 1.82) is 5.26 Å². The SMILES string of the molecule is COC(=O)c1cc(C#N)c(S)cc1O. The molecule has 0 atom stereocenters. The summed E-state index contributed by atoms with van der Waals surface area (Å²) in [6, 6.07) is 4.32. The summed E-state index contributed by atoms with van der Waals surface area (Å²) in [5.41, 5.74) is 0.174. The van der Waals surface area contributed by atoms with Crippen LogP contribution in [0.5, 0.6) is 5.75 Å². The number of carbonyl (C=O) groups is 1. The predicted molar refractivity (Wildman–Crippen MR) is 51.4 cm³/mol. The maximum Gasteiger partial charge on any atom is 0.341 e. The van der Waals surface area contributed by atoms with E-state index in [9.17, 15) is 9.90 Å². The molecule has 0 bridgehead atoms. The van der Waals surface area contributed by atoms with Gasteiger partial charge in [0, 0.05) is 4.90 Å². The van der Waals surface area contributed by atoms with Crippen LogP contribution in [0.15, 0.2) is 17.0 Å². The number of phenolic OH excluding ortho intramolecular Hbond substituents is 1. The molecule has 0 unspecified atom stereocenters. The van der Waals surface area contributed by atoms with Crippen molar-refractivity contribution in [1.82, 2.24) is 0 Å². The van der Waals surface area contributed by atoms with Gasteiger partial charge in [-0.25, -0.2) is 4.79 Å². The Morgan fingerprint density at radius 3 is 2.79 bits per heavy atom. The first-order valence-electron chi connectivity index (χ1n) is 3.64. The molecular weight excluding hydrogens is 202 g/mol. The molecule has 0 aliphatic rings. The Bertz CT molecular complexity index is 423. The van der Waals surface area contributed by atoms with Crippen LogP contribution in [0.25, 0.3) is 0 Å². The molecule has 0 amide bonds. The number of ether oxygens (including phenoxy) is 1. The number of benzene rings is 1. The Hall–Kier alpha value is -1.67. The molecule has 0 fully saturated rings. The normalized spacial score (nSPS) is 9.21. The van der Waals surface area contributed by atoms with Gasteiger partial charge in [0.1, 0.15) is 17.4 Å². The minimum atomic E-state index is -0.688. The topological polar surface area (TPSA) is 70.3 Å². The van der Waals surface area contributed by atoms with Crippen LogP contribution in [0.4, 0.5) is 0 Å². The second-order valence-corrected chi connectivity index (χ2v) is 2.97. The Morgan fingerprint density at radius 2 is 2.29 bits per heavy atom. The molecule has 0 spiro atoms. The van der Waals surface area contributed by atoms with E-state index in [1.807, 2.05) is 6.07 Å². The highest BCUT2D eigenvalue weighted by molar-refractivity contribution is 7.80. The highest BCUT2D eigenvalue weighted by Crippen LogP contribution is 2.25. The molecule has 5 heteroatoms. The summed E-state index contributed by atoms with van der Waals surface area (Å²) in [6.45, 7) is 0. The molecule has 0 saturated heterocycles. The van der Waals surface area contributed by atoms with Crippen LogP contribution in [-0.2, 0) is 4.74 Å². The summed E-state index contributed by atoms with van der Waals surface area (Å²) in [6.07, 6.45) is 0. The van der Waals surface area contributed by atoms with Crippen molar-refractivity contribution in [2.75, 3.05) is 7.11 Å². The van der Waals surface area contributed by atoms with Gasteiger partial charge in [-0.05, 0) is 12.1 Å². The third kappa shape index (κ3) is 1.80. The average molecular weight is 209 g/mol. The number of nitrogens with zero attached hydrogens (tertiary/aromatic N) is 1. The summed E-state index contributed by atoms with van der Waals surface area (Å²) in [5.74, 6) is -0.937. The molecule has 1 N–H and O–H groups in total. The molecule has 0 aliphatic heterocycles. The van der Waals surface area contributed by atoms with Crippen LogP contribution in [0.1, 0.15) is 15.9 Å². The van der Waals surface area contributed by atoms with Gasteiger partial charge in [0.25, 0.3) is 0 Å². The zero-order valence-electron chi connectivity index (χ0n) is 7.31. The standard InChI is InChI=1S/C9H7NO3S/c1-13-9(12)6-2-5(4-10)8(14)3-7(6)11/h2-3,11,14H,1H3. The molecule has 1 rings (SSSR count). The van der Waals surface area contributed by atoms with E-state index in [1.54, 1.807) is 0 Å². The van der Waals surface area contributed by atoms with Gasteiger partial charge < -0.3 is 9.84 Å². The van der Waals surface area contributed by atoms with Crippen molar-refractivity contribution >= 4 is 18.6 Å². The smallest absolute Gasteiger partial charge is 0.341 e. The highest BCUT2D eigenvalue weighted by atomic mass is 32.1. The number of thiol groups is 1. The lowest BCUT2D eigenvalue weighted by molar-refractivity contribution is 0.0597. The summed E-state index contributed by atoms with van der Waals surface area (Å²) in [7, 11) is 1.20. The molecule has 4 nitrogen and oxygen atoms in total. The molecule has 0 aromatic heterocycles. The number of hydrogen-bond donors (Lipinski definition) is 2. The molecule has 0 heterocycles. The van der Waals surface area contributed by atoms with E-state index in [4.69, 9.17) is 5.26 Å². The number of nitriles is 1. The van der Waals surface area contributed by atoms with E-state index in [0.717, 1.165) is 0 Å². The Kier molecular flexibility index (Phi) is 2.99. The van der Waals surface area contributed by atoms with Crippen LogP contribution in [-0.4, -0.2) is 18.2 Å². The molecule has 14 heavy (non-hydrogen) atoms. The monoisotopic (exact) mass is 209 g/mol. The first kappa shape index (κ1) is 10.4. The number of aromatic hydroxyl groups is 1. The zero-order chi connectivity index (χ0) is 10.7. The number of phenols is 1. The van der Waals surface area contributed by atoms with Gasteiger partial charge in [-0.1, -0.05) is 0 Å². The summed E-state index contributed by atoms with van der Waals surface area (Å²) >= 11 is 3.96. The Labute approximate surface area is 86.1 Å². The lowest BCUT2D eigenvalue weighted by atomic mass is 10.1. The van der Waals surface area contributed by atoms with Gasteiger partial charge in [-0.2, -0.15) is 5.26 Å². The van der Waals surface area contributed by atoms with E-state index in [2.05, 4.69) is 17.4 Å². The van der Waals surface area contributed by atoms with Gasteiger partial charge in [0.15, 0.2) is 0 Å². The third-order valence-corrected chi connectivity index (χ3v) is 2.01. The predicted octanol–water partition coefficient (Wildman–Crippen LogP) is 1.34. The molecule has 0 radical (unpaired) electrons. The van der Waals surface area contributed by atoms with Crippen LogP contribution in [0, 0.1) is 11.3 Å². The van der Waals surface area contributed by atoms with Gasteiger partial charge in [0.2, 0.25) is 0 Å². The molecular formula is C9H7NO3S. The molecule has 72 valence electrons. The lowest BCUT2D eigenvalue weighted by Crippen LogP contribution is -2.02. The van der Waals surface area contributed by atoms with Gasteiger partial charge >= 0.3 is 5.97 Å². The quantitative estimate of drug-likeness (QED) is 0.541. The summed E-state index contributed by atoms with van der Waals surface area (Å²) in [4.78, 5) is 11.4. The van der Waals surface area contributed by atoms with Crippen LogP contribution >= 0.6 is 12.6 Å². The second-order valence-electron chi connectivity index (χ2n) is 2.49. The van der Waals surface area contributed by atoms with Crippen LogP contribution in [0.2, 0.25) is 0 Å². The fraction of sp³-hybridized carbons (Fsp3) is 0.111. The minimum absolute atomic E-state index is 0.0400. The largest absolute Gasteiger partial charge is 0.507 e. The third-order valence-electron chi connectivity index (χ3n) is 1.64. The van der Waals surface area contributed by atoms with E-state index in [0.29, 0.717) is 4.90 Å². The van der Waals surface area contributed by atoms with Gasteiger partial charge in [-0.3, -0.25) is 0 Å². The Balaban J connectivity index is 3.33. The second kappa shape index (κ2) is 4.03. The minimum Gasteiger partial charge on any atom is -0.507 e. The van der Waals surface area contributed by atoms with Gasteiger partial charge in [0.05, 0.1) is 12.7 Å². The molecule has 0 saturated carbocycles. The number of hydrogen-bond acceptors (Lipinski definition) is 5. The first-order valence-corrected chi connectivity index (χ1v) is 4.09. The highest BCUT2D eigenvalue weighted by Gasteiger charge is 2.14. The summed E-state index contributed by atoms with van der Waals surface area (Å²) in [5, 5.41) is 18.0. The average Bonchev–Trinajstić information content (AvgIpc) is 2.17. The maximum absolute atomic E-state index is 11.1. The van der Waals surface area contributed by atoms with E-state index in [-0.39, 0.29) is 16.9 Å². The fourth-order valence-corrected chi connectivity index (χ4v) is 1.18. The Morgan fingerprint density at radius 1 is 1.64 bits per heavy atom. The van der Waals surface area contributed by atoms with Crippen molar-refractivity contribution < 1.29 is 14.6 Å². The van der Waals surface area contributed by atoms with Crippen LogP contribution in [0.3, 0.4) is 0 Å². The zero-order valence-corrected chi connectivity index (χ0v) is 8.21. The molecule has 1 aromatic rings. The van der Waals surface area contributed by atoms with Gasteiger partial charge in [-0.15, -0.1) is 12.6 Å². The van der Waals surface area contributed by atoms with Crippen molar-refractivity contribution in [2.45, 2.75) is 4.90 Å². The van der Waals surface area contributed by atoms with Crippen molar-refractivity contribution in [3.05, 3.63) is 23.3 Å². The van der Waals surface area contributed by atoms with Crippen LogP contribution < -0.4 is 0 Å². The van der Waals surface area contributed by atoms with Crippen molar-refractivity contribution in [3.63, 3.8) is 0 Å². The number of carbonyl (C=O) groups excluding carboxylic acids is 1. The number of rotatable bonds is 1. The number of methoxy groups -OCH3 is 1. The number of esters is 1. The maximum atomic E-state index is 11.1. The van der Waals surface area contributed by atoms with Crippen molar-refractivity contribution in [3.8, 4) is 11.8 Å². The summed E-state index contributed by atoms with van der Waals surface area (Å²) < 4.78 is 4.42. The van der Waals surface area contributed by atoms with E-state index < -0.39 is 5.97 Å².